The monoisotopic (exact) mass is 330 g/mol. The number of fused-ring (bicyclic) bond motifs is 1. The van der Waals surface area contributed by atoms with E-state index in [1.807, 2.05) is 10.9 Å². The minimum Gasteiger partial charge on any atom is -0.457 e. The molecule has 6 nitrogen and oxygen atoms in total. The molecule has 3 aromatic heterocycles. The minimum atomic E-state index is -0.116. The van der Waals surface area contributed by atoms with Gasteiger partial charge in [0.1, 0.15) is 29.1 Å². The lowest BCUT2D eigenvalue weighted by Gasteiger charge is -2.07. The van der Waals surface area contributed by atoms with E-state index >= 15 is 0 Å². The van der Waals surface area contributed by atoms with Crippen LogP contribution in [0.1, 0.15) is 47.1 Å². The predicted octanol–water partition coefficient (Wildman–Crippen LogP) is 2.98. The molecule has 0 amide bonds. The number of aliphatic hydroxyl groups is 1. The molecule has 0 saturated carbocycles. The second kappa shape index (κ2) is 5.90. The Balaban J connectivity index is 1.59. The zero-order valence-corrected chi connectivity index (χ0v) is 13.7. The van der Waals surface area contributed by atoms with Crippen molar-refractivity contribution in [1.82, 2.24) is 20.0 Å². The predicted molar refractivity (Wildman–Crippen MR) is 86.2 cm³/mol. The third-order valence-corrected chi connectivity index (χ3v) is 5.52. The largest absolute Gasteiger partial charge is 0.457 e. The van der Waals surface area contributed by atoms with Gasteiger partial charge in [-0.25, -0.2) is 9.67 Å². The van der Waals surface area contributed by atoms with E-state index < -0.39 is 0 Å². The number of furan rings is 1. The zero-order chi connectivity index (χ0) is 15.8. The van der Waals surface area contributed by atoms with Gasteiger partial charge in [0.25, 0.3) is 0 Å². The van der Waals surface area contributed by atoms with Crippen LogP contribution in [0.3, 0.4) is 0 Å². The van der Waals surface area contributed by atoms with Gasteiger partial charge in [0.15, 0.2) is 5.76 Å². The standard InChI is InChI=1S/C16H18N4O2S/c1-10(16-17-12-4-2-3-5-15(12)23-16)20-8-13(18-19-20)14-7-6-11(9-21)22-14/h6-8,10,21H,2-5,9H2,1H3. The number of rotatable bonds is 4. The molecule has 120 valence electrons. The Hall–Kier alpha value is -1.99. The molecule has 7 heteroatoms. The number of thiazole rings is 1. The first kappa shape index (κ1) is 14.6. The summed E-state index contributed by atoms with van der Waals surface area (Å²) in [6.45, 7) is 1.97. The van der Waals surface area contributed by atoms with E-state index in [-0.39, 0.29) is 12.6 Å². The summed E-state index contributed by atoms with van der Waals surface area (Å²) in [5.41, 5.74) is 1.93. The maximum absolute atomic E-state index is 9.08. The first-order chi connectivity index (χ1) is 11.2. The molecule has 23 heavy (non-hydrogen) atoms. The van der Waals surface area contributed by atoms with E-state index in [9.17, 15) is 0 Å². The Morgan fingerprint density at radius 2 is 2.22 bits per heavy atom. The van der Waals surface area contributed by atoms with Crippen molar-refractivity contribution in [2.24, 2.45) is 0 Å². The summed E-state index contributed by atoms with van der Waals surface area (Å²) < 4.78 is 7.33. The van der Waals surface area contributed by atoms with Crippen molar-refractivity contribution in [3.05, 3.63) is 39.7 Å². The summed E-state index contributed by atoms with van der Waals surface area (Å²) in [4.78, 5) is 6.23. The molecule has 1 aliphatic carbocycles. The molecule has 3 aromatic rings. The van der Waals surface area contributed by atoms with Gasteiger partial charge in [-0.15, -0.1) is 16.4 Å². The van der Waals surface area contributed by atoms with Crippen LogP contribution in [0, 0.1) is 0 Å². The molecule has 1 aliphatic rings. The van der Waals surface area contributed by atoms with Crippen LogP contribution in [0.2, 0.25) is 0 Å². The lowest BCUT2D eigenvalue weighted by atomic mass is 10.0. The van der Waals surface area contributed by atoms with Gasteiger partial charge in [-0.1, -0.05) is 5.21 Å². The Morgan fingerprint density at radius 1 is 1.35 bits per heavy atom. The van der Waals surface area contributed by atoms with Gasteiger partial charge in [-0.3, -0.25) is 0 Å². The number of hydrogen-bond donors (Lipinski definition) is 1. The van der Waals surface area contributed by atoms with E-state index in [0.29, 0.717) is 17.2 Å². The zero-order valence-electron chi connectivity index (χ0n) is 12.9. The molecular formula is C16H18N4O2S. The second-order valence-corrected chi connectivity index (χ2v) is 6.93. The Labute approximate surface area is 137 Å². The van der Waals surface area contributed by atoms with Gasteiger partial charge in [0, 0.05) is 4.88 Å². The molecule has 1 N–H and O–H groups in total. The van der Waals surface area contributed by atoms with Crippen LogP contribution in [0.5, 0.6) is 0 Å². The van der Waals surface area contributed by atoms with Crippen molar-refractivity contribution in [1.29, 1.82) is 0 Å². The van der Waals surface area contributed by atoms with Crippen LogP contribution in [0.25, 0.3) is 11.5 Å². The van der Waals surface area contributed by atoms with Crippen molar-refractivity contribution in [2.75, 3.05) is 0 Å². The molecule has 0 aromatic carbocycles. The van der Waals surface area contributed by atoms with Crippen LogP contribution in [0.4, 0.5) is 0 Å². The Kier molecular flexibility index (Phi) is 3.74. The van der Waals surface area contributed by atoms with Gasteiger partial charge < -0.3 is 9.52 Å². The summed E-state index contributed by atoms with van der Waals surface area (Å²) in [6, 6.07) is 3.60. The highest BCUT2D eigenvalue weighted by molar-refractivity contribution is 7.11. The van der Waals surface area contributed by atoms with E-state index in [2.05, 4.69) is 17.2 Å². The van der Waals surface area contributed by atoms with Crippen LogP contribution in [-0.4, -0.2) is 25.1 Å². The lowest BCUT2D eigenvalue weighted by molar-refractivity contribution is 0.248. The van der Waals surface area contributed by atoms with Gasteiger partial charge in [-0.05, 0) is 44.7 Å². The van der Waals surface area contributed by atoms with E-state index in [1.165, 1.54) is 23.4 Å². The molecule has 1 unspecified atom stereocenters. The molecule has 4 rings (SSSR count). The molecule has 0 radical (unpaired) electrons. The first-order valence-electron chi connectivity index (χ1n) is 7.85. The fourth-order valence-electron chi connectivity index (χ4n) is 2.84. The minimum absolute atomic E-state index is 0.0547. The maximum Gasteiger partial charge on any atom is 0.156 e. The van der Waals surface area contributed by atoms with Crippen molar-refractivity contribution in [2.45, 2.75) is 45.3 Å². The topological polar surface area (TPSA) is 77.0 Å². The van der Waals surface area contributed by atoms with E-state index in [4.69, 9.17) is 14.5 Å². The van der Waals surface area contributed by atoms with Crippen molar-refractivity contribution in [3.63, 3.8) is 0 Å². The average molecular weight is 330 g/mol. The highest BCUT2D eigenvalue weighted by atomic mass is 32.1. The molecular weight excluding hydrogens is 312 g/mol. The molecule has 1 atom stereocenters. The summed E-state index contributed by atoms with van der Waals surface area (Å²) >= 11 is 1.79. The summed E-state index contributed by atoms with van der Waals surface area (Å²) in [7, 11) is 0. The Bertz CT molecular complexity index is 796. The lowest BCUT2D eigenvalue weighted by Crippen LogP contribution is -2.07. The van der Waals surface area contributed by atoms with Crippen LogP contribution >= 0.6 is 11.3 Å². The molecule has 0 saturated heterocycles. The first-order valence-corrected chi connectivity index (χ1v) is 8.66. The van der Waals surface area contributed by atoms with Crippen molar-refractivity contribution >= 4 is 11.3 Å². The molecule has 0 aliphatic heterocycles. The highest BCUT2D eigenvalue weighted by Gasteiger charge is 2.21. The number of aromatic nitrogens is 4. The van der Waals surface area contributed by atoms with Gasteiger partial charge in [0.05, 0.1) is 11.9 Å². The number of aliphatic hydroxyl groups excluding tert-OH is 1. The molecule has 0 fully saturated rings. The third kappa shape index (κ3) is 2.70. The van der Waals surface area contributed by atoms with Crippen molar-refractivity contribution < 1.29 is 9.52 Å². The third-order valence-electron chi connectivity index (χ3n) is 4.20. The number of aryl methyl sites for hydroxylation is 2. The smallest absolute Gasteiger partial charge is 0.156 e. The second-order valence-electron chi connectivity index (χ2n) is 5.81. The Morgan fingerprint density at radius 3 is 3.00 bits per heavy atom. The number of hydrogen-bond acceptors (Lipinski definition) is 6. The summed E-state index contributed by atoms with van der Waals surface area (Å²) in [5, 5.41) is 18.6. The fourth-order valence-corrected chi connectivity index (χ4v) is 4.04. The molecule has 3 heterocycles. The SMILES string of the molecule is CC(c1nc2c(s1)CCCC2)n1cc(-c2ccc(CO)o2)nn1. The summed E-state index contributed by atoms with van der Waals surface area (Å²) in [5.74, 6) is 1.14. The van der Waals surface area contributed by atoms with Gasteiger partial charge in [-0.2, -0.15) is 0 Å². The van der Waals surface area contributed by atoms with Crippen LogP contribution in [0.15, 0.2) is 22.7 Å². The van der Waals surface area contributed by atoms with E-state index in [0.717, 1.165) is 17.8 Å². The normalized spacial score (nSPS) is 15.6. The van der Waals surface area contributed by atoms with Crippen molar-refractivity contribution in [3.8, 4) is 11.5 Å². The molecule has 0 spiro atoms. The quantitative estimate of drug-likeness (QED) is 0.796. The van der Waals surface area contributed by atoms with E-state index in [1.54, 1.807) is 23.5 Å². The maximum atomic E-state index is 9.08. The average Bonchev–Trinajstić information content (AvgIpc) is 3.30. The number of nitrogens with zero attached hydrogens (tertiary/aromatic N) is 4. The fraction of sp³-hybridized carbons (Fsp3) is 0.438. The van der Waals surface area contributed by atoms with Crippen LogP contribution in [-0.2, 0) is 19.4 Å². The van der Waals surface area contributed by atoms with Crippen LogP contribution < -0.4 is 0 Å². The highest BCUT2D eigenvalue weighted by Crippen LogP contribution is 2.31. The van der Waals surface area contributed by atoms with Gasteiger partial charge >= 0.3 is 0 Å². The molecule has 0 bridgehead atoms. The van der Waals surface area contributed by atoms with Gasteiger partial charge in [0.2, 0.25) is 0 Å². The summed E-state index contributed by atoms with van der Waals surface area (Å²) in [6.07, 6.45) is 6.62.